The molecule has 0 aliphatic carbocycles. The maximum atomic E-state index is 13.4. The smallest absolute Gasteiger partial charge is 0.123 e. The Morgan fingerprint density at radius 1 is 1.21 bits per heavy atom. The van der Waals surface area contributed by atoms with Gasteiger partial charge >= 0.3 is 0 Å². The third-order valence-electron chi connectivity index (χ3n) is 3.08. The first-order chi connectivity index (χ1) is 9.08. The van der Waals surface area contributed by atoms with Gasteiger partial charge in [0.1, 0.15) is 11.6 Å². The van der Waals surface area contributed by atoms with Gasteiger partial charge in [-0.2, -0.15) is 0 Å². The van der Waals surface area contributed by atoms with Gasteiger partial charge in [-0.25, -0.2) is 4.39 Å². The Labute approximate surface area is 113 Å². The van der Waals surface area contributed by atoms with Crippen molar-refractivity contribution in [1.29, 1.82) is 0 Å². The third-order valence-corrected chi connectivity index (χ3v) is 3.08. The molecule has 2 N–H and O–H groups in total. The lowest BCUT2D eigenvalue weighted by Gasteiger charge is -2.14. The van der Waals surface area contributed by atoms with E-state index in [0.717, 1.165) is 22.4 Å². The van der Waals surface area contributed by atoms with Gasteiger partial charge in [0.25, 0.3) is 0 Å². The summed E-state index contributed by atoms with van der Waals surface area (Å²) in [6.45, 7) is 1.87. The number of hydrogen-bond acceptors (Lipinski definition) is 2. The van der Waals surface area contributed by atoms with Crippen molar-refractivity contribution in [2.75, 3.05) is 7.11 Å². The van der Waals surface area contributed by atoms with E-state index < -0.39 is 0 Å². The lowest BCUT2D eigenvalue weighted by Crippen LogP contribution is -2.13. The minimum atomic E-state index is -0.240. The van der Waals surface area contributed by atoms with Crippen LogP contribution in [0.1, 0.15) is 22.7 Å². The van der Waals surface area contributed by atoms with Gasteiger partial charge in [-0.05, 0) is 54.3 Å². The van der Waals surface area contributed by atoms with Crippen LogP contribution in [0.3, 0.4) is 0 Å². The summed E-state index contributed by atoms with van der Waals surface area (Å²) in [6, 6.07) is 12.5. The molecule has 0 aliphatic heterocycles. The predicted molar refractivity (Wildman–Crippen MR) is 74.8 cm³/mol. The molecule has 2 aromatic rings. The fourth-order valence-electron chi connectivity index (χ4n) is 2.15. The molecular weight excluding hydrogens is 241 g/mol. The maximum Gasteiger partial charge on any atom is 0.123 e. The first-order valence-electron chi connectivity index (χ1n) is 6.24. The van der Waals surface area contributed by atoms with Crippen molar-refractivity contribution in [2.45, 2.75) is 19.4 Å². The van der Waals surface area contributed by atoms with E-state index in [0.29, 0.717) is 6.42 Å². The van der Waals surface area contributed by atoms with Crippen LogP contribution in [0.5, 0.6) is 5.75 Å². The largest absolute Gasteiger partial charge is 0.497 e. The van der Waals surface area contributed by atoms with Gasteiger partial charge in [-0.3, -0.25) is 0 Å². The number of hydrogen-bond donors (Lipinski definition) is 1. The van der Waals surface area contributed by atoms with E-state index in [1.165, 1.54) is 12.1 Å². The molecule has 1 unspecified atom stereocenters. The highest BCUT2D eigenvalue weighted by Gasteiger charge is 2.09. The zero-order valence-electron chi connectivity index (χ0n) is 11.2. The van der Waals surface area contributed by atoms with Gasteiger partial charge in [0.2, 0.25) is 0 Å². The van der Waals surface area contributed by atoms with Crippen LogP contribution in [0.2, 0.25) is 0 Å². The second-order valence-corrected chi connectivity index (χ2v) is 4.72. The van der Waals surface area contributed by atoms with E-state index in [9.17, 15) is 4.39 Å². The quantitative estimate of drug-likeness (QED) is 0.913. The minimum absolute atomic E-state index is 0.221. The van der Waals surface area contributed by atoms with Crippen molar-refractivity contribution in [3.63, 3.8) is 0 Å². The van der Waals surface area contributed by atoms with Gasteiger partial charge in [0.15, 0.2) is 0 Å². The van der Waals surface area contributed by atoms with Crippen molar-refractivity contribution < 1.29 is 9.13 Å². The number of methoxy groups -OCH3 is 1. The van der Waals surface area contributed by atoms with Crippen LogP contribution in [-0.4, -0.2) is 7.11 Å². The number of ether oxygens (including phenoxy) is 1. The molecular formula is C16H18FNO. The SMILES string of the molecule is COc1cccc(CC(N)c2cc(C)cc(F)c2)c1. The number of aryl methyl sites for hydroxylation is 1. The summed E-state index contributed by atoms with van der Waals surface area (Å²) < 4.78 is 18.5. The molecule has 3 heteroatoms. The molecule has 0 saturated carbocycles. The molecule has 2 aromatic carbocycles. The molecule has 0 heterocycles. The zero-order chi connectivity index (χ0) is 13.8. The number of rotatable bonds is 4. The van der Waals surface area contributed by atoms with Gasteiger partial charge < -0.3 is 10.5 Å². The molecule has 0 spiro atoms. The summed E-state index contributed by atoms with van der Waals surface area (Å²) in [5.74, 6) is 0.566. The molecule has 0 aliphatic rings. The summed E-state index contributed by atoms with van der Waals surface area (Å²) in [5.41, 5.74) is 8.93. The highest BCUT2D eigenvalue weighted by Crippen LogP contribution is 2.21. The number of halogens is 1. The Morgan fingerprint density at radius 3 is 2.68 bits per heavy atom. The molecule has 0 amide bonds. The molecule has 0 bridgehead atoms. The first-order valence-corrected chi connectivity index (χ1v) is 6.24. The van der Waals surface area contributed by atoms with E-state index in [-0.39, 0.29) is 11.9 Å². The molecule has 0 radical (unpaired) electrons. The Kier molecular flexibility index (Phi) is 4.17. The summed E-state index contributed by atoms with van der Waals surface area (Å²) in [6.07, 6.45) is 0.653. The Morgan fingerprint density at radius 2 is 2.00 bits per heavy atom. The predicted octanol–water partition coefficient (Wildman–Crippen LogP) is 3.39. The minimum Gasteiger partial charge on any atom is -0.497 e. The molecule has 19 heavy (non-hydrogen) atoms. The van der Waals surface area contributed by atoms with Gasteiger partial charge in [0.05, 0.1) is 7.11 Å². The van der Waals surface area contributed by atoms with Crippen molar-refractivity contribution in [3.05, 3.63) is 65.0 Å². The fourth-order valence-corrected chi connectivity index (χ4v) is 2.15. The van der Waals surface area contributed by atoms with Crippen molar-refractivity contribution in [2.24, 2.45) is 5.73 Å². The molecule has 1 atom stereocenters. The molecule has 2 rings (SSSR count). The first kappa shape index (κ1) is 13.6. The van der Waals surface area contributed by atoms with Crippen LogP contribution < -0.4 is 10.5 Å². The van der Waals surface area contributed by atoms with Crippen molar-refractivity contribution in [1.82, 2.24) is 0 Å². The lowest BCUT2D eigenvalue weighted by molar-refractivity contribution is 0.414. The van der Waals surface area contributed by atoms with E-state index in [1.807, 2.05) is 37.3 Å². The monoisotopic (exact) mass is 259 g/mol. The average Bonchev–Trinajstić information content (AvgIpc) is 2.37. The lowest BCUT2D eigenvalue weighted by atomic mass is 9.98. The van der Waals surface area contributed by atoms with Crippen LogP contribution >= 0.6 is 0 Å². The second kappa shape index (κ2) is 5.85. The van der Waals surface area contributed by atoms with Crippen LogP contribution in [0.15, 0.2) is 42.5 Å². The average molecular weight is 259 g/mol. The van der Waals surface area contributed by atoms with Crippen LogP contribution in [0, 0.1) is 12.7 Å². The van der Waals surface area contributed by atoms with Crippen LogP contribution in [0.25, 0.3) is 0 Å². The molecule has 100 valence electrons. The van der Waals surface area contributed by atoms with E-state index in [1.54, 1.807) is 7.11 Å². The molecule has 0 aromatic heterocycles. The van der Waals surface area contributed by atoms with Crippen LogP contribution in [-0.2, 0) is 6.42 Å². The zero-order valence-corrected chi connectivity index (χ0v) is 11.2. The standard InChI is InChI=1S/C16H18FNO/c1-11-6-13(10-14(17)7-11)16(18)9-12-4-3-5-15(8-12)19-2/h3-8,10,16H,9,18H2,1-2H3. The maximum absolute atomic E-state index is 13.4. The Balaban J connectivity index is 2.17. The van der Waals surface area contributed by atoms with E-state index in [4.69, 9.17) is 10.5 Å². The topological polar surface area (TPSA) is 35.2 Å². The highest BCUT2D eigenvalue weighted by atomic mass is 19.1. The Bertz CT molecular complexity index is 548. The number of nitrogens with two attached hydrogens (primary N) is 1. The van der Waals surface area contributed by atoms with E-state index >= 15 is 0 Å². The van der Waals surface area contributed by atoms with Crippen LogP contribution in [0.4, 0.5) is 4.39 Å². The summed E-state index contributed by atoms with van der Waals surface area (Å²) in [4.78, 5) is 0. The second-order valence-electron chi connectivity index (χ2n) is 4.72. The third kappa shape index (κ3) is 3.55. The van der Waals surface area contributed by atoms with Gasteiger partial charge in [-0.1, -0.05) is 18.2 Å². The normalized spacial score (nSPS) is 12.2. The highest BCUT2D eigenvalue weighted by molar-refractivity contribution is 5.31. The fraction of sp³-hybridized carbons (Fsp3) is 0.250. The Hall–Kier alpha value is -1.87. The summed E-state index contributed by atoms with van der Waals surface area (Å²) >= 11 is 0. The van der Waals surface area contributed by atoms with Crippen molar-refractivity contribution >= 4 is 0 Å². The number of benzene rings is 2. The molecule has 0 saturated heterocycles. The molecule has 0 fully saturated rings. The van der Waals surface area contributed by atoms with Gasteiger partial charge in [-0.15, -0.1) is 0 Å². The van der Waals surface area contributed by atoms with Crippen molar-refractivity contribution in [3.8, 4) is 5.75 Å². The molecule has 2 nitrogen and oxygen atoms in total. The summed E-state index contributed by atoms with van der Waals surface area (Å²) in [7, 11) is 1.63. The van der Waals surface area contributed by atoms with E-state index in [2.05, 4.69) is 0 Å². The summed E-state index contributed by atoms with van der Waals surface area (Å²) in [5, 5.41) is 0. The van der Waals surface area contributed by atoms with Gasteiger partial charge in [0, 0.05) is 6.04 Å².